The SMILES string of the molecule is COc1cc(N2CCC(CN3CC4CN(C(=O)OC(C)(C)C)CC4C3)CC2)c(C2CC2)cc1[N+](=O)[O-]. The number of nitrogens with zero attached hydrogens (tertiary/aromatic N) is 4. The van der Waals surface area contributed by atoms with Gasteiger partial charge in [0.05, 0.1) is 12.0 Å². The number of hydrogen-bond donors (Lipinski definition) is 0. The number of nitro groups is 1. The zero-order valence-electron chi connectivity index (χ0n) is 22.1. The van der Waals surface area contributed by atoms with E-state index in [0.717, 1.165) is 82.7 Å². The molecule has 5 rings (SSSR count). The van der Waals surface area contributed by atoms with E-state index in [1.807, 2.05) is 31.7 Å². The highest BCUT2D eigenvalue weighted by atomic mass is 16.6. The van der Waals surface area contributed by atoms with E-state index in [9.17, 15) is 14.9 Å². The van der Waals surface area contributed by atoms with Crippen molar-refractivity contribution in [2.24, 2.45) is 17.8 Å². The predicted molar refractivity (Wildman–Crippen MR) is 138 cm³/mol. The van der Waals surface area contributed by atoms with Crippen LogP contribution in [-0.2, 0) is 4.74 Å². The maximum absolute atomic E-state index is 12.4. The molecule has 0 N–H and O–H groups in total. The Morgan fingerprint density at radius 3 is 2.22 bits per heavy atom. The highest BCUT2D eigenvalue weighted by Gasteiger charge is 2.43. The van der Waals surface area contributed by atoms with Crippen LogP contribution in [0.3, 0.4) is 0 Å². The van der Waals surface area contributed by atoms with E-state index in [-0.39, 0.29) is 16.7 Å². The van der Waals surface area contributed by atoms with Gasteiger partial charge in [-0.25, -0.2) is 4.79 Å². The molecule has 0 bridgehead atoms. The number of carbonyl (C=O) groups excluding carboxylic acids is 1. The molecule has 0 spiro atoms. The van der Waals surface area contributed by atoms with Crippen LogP contribution in [0.1, 0.15) is 57.9 Å². The zero-order chi connectivity index (χ0) is 25.6. The molecule has 9 heteroatoms. The van der Waals surface area contributed by atoms with Gasteiger partial charge in [0.25, 0.3) is 0 Å². The van der Waals surface area contributed by atoms with E-state index in [4.69, 9.17) is 9.47 Å². The topological polar surface area (TPSA) is 88.4 Å². The summed E-state index contributed by atoms with van der Waals surface area (Å²) in [6.07, 6.45) is 4.29. The van der Waals surface area contributed by atoms with Gasteiger partial charge in [-0.3, -0.25) is 10.1 Å². The van der Waals surface area contributed by atoms with Crippen LogP contribution in [0.4, 0.5) is 16.2 Å². The van der Waals surface area contributed by atoms with Gasteiger partial charge in [-0.15, -0.1) is 0 Å². The molecule has 4 aliphatic rings. The molecule has 3 heterocycles. The number of carbonyl (C=O) groups is 1. The zero-order valence-corrected chi connectivity index (χ0v) is 22.1. The first kappa shape index (κ1) is 25.1. The van der Waals surface area contributed by atoms with E-state index in [2.05, 4.69) is 9.80 Å². The number of anilines is 1. The number of rotatable bonds is 6. The average Bonchev–Trinajstić information content (AvgIpc) is 3.48. The molecule has 1 saturated carbocycles. The van der Waals surface area contributed by atoms with E-state index in [0.29, 0.717) is 29.4 Å². The summed E-state index contributed by atoms with van der Waals surface area (Å²) in [6.45, 7) is 12.6. The first-order valence-electron chi connectivity index (χ1n) is 13.4. The lowest BCUT2D eigenvalue weighted by atomic mass is 9.94. The number of ether oxygens (including phenoxy) is 2. The standard InChI is InChI=1S/C27H40N4O5/c1-27(2,3)36-26(32)30-16-20-14-28(15-21(20)17-30)13-18-7-9-29(10-8-18)23-12-25(35-4)24(31(33)34)11-22(23)19-5-6-19/h11-12,18-21H,5-10,13-17H2,1-4H3. The first-order valence-corrected chi connectivity index (χ1v) is 13.4. The van der Waals surface area contributed by atoms with Gasteiger partial charge in [-0.1, -0.05) is 0 Å². The van der Waals surface area contributed by atoms with Gasteiger partial charge >= 0.3 is 11.8 Å². The summed E-state index contributed by atoms with van der Waals surface area (Å²) in [5.74, 6) is 2.54. The fourth-order valence-corrected chi connectivity index (χ4v) is 6.31. The molecule has 9 nitrogen and oxygen atoms in total. The smallest absolute Gasteiger partial charge is 0.410 e. The third kappa shape index (κ3) is 5.41. The number of likely N-dealkylation sites (tertiary alicyclic amines) is 2. The van der Waals surface area contributed by atoms with Crippen molar-refractivity contribution in [2.45, 2.75) is 58.0 Å². The maximum atomic E-state index is 12.4. The molecular formula is C27H40N4O5. The molecular weight excluding hydrogens is 460 g/mol. The minimum Gasteiger partial charge on any atom is -0.490 e. The van der Waals surface area contributed by atoms with Crippen LogP contribution >= 0.6 is 0 Å². The second-order valence-electron chi connectivity index (χ2n) is 12.2. The van der Waals surface area contributed by atoms with Gasteiger partial charge in [0, 0.05) is 63.6 Å². The fraction of sp³-hybridized carbons (Fsp3) is 0.741. The van der Waals surface area contributed by atoms with Gasteiger partial charge in [-0.2, -0.15) is 0 Å². The molecule has 2 atom stereocenters. The first-order chi connectivity index (χ1) is 17.1. The van der Waals surface area contributed by atoms with E-state index in [1.165, 1.54) is 7.11 Å². The average molecular weight is 501 g/mol. The van der Waals surface area contributed by atoms with Crippen LogP contribution in [0.25, 0.3) is 0 Å². The molecule has 198 valence electrons. The lowest BCUT2D eigenvalue weighted by Crippen LogP contribution is -2.40. The van der Waals surface area contributed by atoms with Gasteiger partial charge in [-0.05, 0) is 75.7 Å². The summed E-state index contributed by atoms with van der Waals surface area (Å²) in [6, 6.07) is 3.64. The Morgan fingerprint density at radius 1 is 1.06 bits per heavy atom. The van der Waals surface area contributed by atoms with Crippen molar-refractivity contribution in [2.75, 3.05) is 57.8 Å². The van der Waals surface area contributed by atoms with Gasteiger partial charge in [0.1, 0.15) is 5.60 Å². The van der Waals surface area contributed by atoms with Crippen LogP contribution in [-0.4, -0.2) is 79.3 Å². The summed E-state index contributed by atoms with van der Waals surface area (Å²) < 4.78 is 10.9. The van der Waals surface area contributed by atoms with Crippen LogP contribution < -0.4 is 9.64 Å². The Labute approximate surface area is 213 Å². The Morgan fingerprint density at radius 2 is 1.69 bits per heavy atom. The van der Waals surface area contributed by atoms with E-state index < -0.39 is 5.60 Å². The maximum Gasteiger partial charge on any atom is 0.410 e. The van der Waals surface area contributed by atoms with E-state index in [1.54, 1.807) is 6.07 Å². The molecule has 1 aromatic carbocycles. The number of benzene rings is 1. The Kier molecular flexibility index (Phi) is 6.78. The Bertz CT molecular complexity index is 983. The second-order valence-corrected chi connectivity index (χ2v) is 12.2. The van der Waals surface area contributed by atoms with Crippen molar-refractivity contribution < 1.29 is 19.2 Å². The molecule has 3 saturated heterocycles. The van der Waals surface area contributed by atoms with Crippen LogP contribution in [0, 0.1) is 27.9 Å². The molecule has 3 aliphatic heterocycles. The van der Waals surface area contributed by atoms with Crippen molar-refractivity contribution >= 4 is 17.5 Å². The third-order valence-corrected chi connectivity index (χ3v) is 8.23. The third-order valence-electron chi connectivity index (χ3n) is 8.23. The number of amides is 1. The summed E-state index contributed by atoms with van der Waals surface area (Å²) in [7, 11) is 1.51. The number of hydrogen-bond acceptors (Lipinski definition) is 7. The molecule has 0 radical (unpaired) electrons. The lowest BCUT2D eigenvalue weighted by Gasteiger charge is -2.36. The summed E-state index contributed by atoms with van der Waals surface area (Å²) in [5.41, 5.74) is 1.86. The quantitative estimate of drug-likeness (QED) is 0.420. The van der Waals surface area contributed by atoms with Crippen molar-refractivity contribution in [3.63, 3.8) is 0 Å². The van der Waals surface area contributed by atoms with Gasteiger partial charge < -0.3 is 24.2 Å². The number of nitro benzene ring substituents is 1. The van der Waals surface area contributed by atoms with E-state index >= 15 is 0 Å². The predicted octanol–water partition coefficient (Wildman–Crippen LogP) is 4.50. The van der Waals surface area contributed by atoms with Crippen LogP contribution in [0.2, 0.25) is 0 Å². The summed E-state index contributed by atoms with van der Waals surface area (Å²) in [5, 5.41) is 11.5. The molecule has 4 fully saturated rings. The Hall–Kier alpha value is -2.55. The minimum atomic E-state index is -0.450. The van der Waals surface area contributed by atoms with Crippen LogP contribution in [0.15, 0.2) is 12.1 Å². The minimum absolute atomic E-state index is 0.0721. The van der Waals surface area contributed by atoms with Crippen molar-refractivity contribution in [3.05, 3.63) is 27.8 Å². The summed E-state index contributed by atoms with van der Waals surface area (Å²) >= 11 is 0. The molecule has 1 amide bonds. The van der Waals surface area contributed by atoms with Crippen LogP contribution in [0.5, 0.6) is 5.75 Å². The van der Waals surface area contributed by atoms with Crippen molar-refractivity contribution in [3.8, 4) is 5.75 Å². The molecule has 1 aromatic rings. The normalized spacial score (nSPS) is 25.2. The molecule has 1 aliphatic carbocycles. The highest BCUT2D eigenvalue weighted by Crippen LogP contribution is 2.48. The second kappa shape index (κ2) is 9.72. The molecule has 0 aromatic heterocycles. The molecule has 36 heavy (non-hydrogen) atoms. The number of piperidine rings is 1. The van der Waals surface area contributed by atoms with Crippen molar-refractivity contribution in [1.82, 2.24) is 9.80 Å². The van der Waals surface area contributed by atoms with Crippen molar-refractivity contribution in [1.29, 1.82) is 0 Å². The summed E-state index contributed by atoms with van der Waals surface area (Å²) in [4.78, 5) is 30.6. The Balaban J connectivity index is 1.14. The number of methoxy groups -OCH3 is 1. The highest BCUT2D eigenvalue weighted by molar-refractivity contribution is 5.68. The number of fused-ring (bicyclic) bond motifs is 1. The van der Waals surface area contributed by atoms with Gasteiger partial charge in [0.2, 0.25) is 0 Å². The largest absolute Gasteiger partial charge is 0.490 e. The molecule has 2 unspecified atom stereocenters. The lowest BCUT2D eigenvalue weighted by molar-refractivity contribution is -0.385. The monoisotopic (exact) mass is 500 g/mol. The fourth-order valence-electron chi connectivity index (χ4n) is 6.31. The van der Waals surface area contributed by atoms with Gasteiger partial charge in [0.15, 0.2) is 5.75 Å².